The largest absolute Gasteiger partial charge is 0.0895 e. The van der Waals surface area contributed by atoms with Crippen molar-refractivity contribution in [2.24, 2.45) is 5.41 Å². The molecule has 0 saturated heterocycles. The lowest BCUT2D eigenvalue weighted by molar-refractivity contribution is 0.540. The maximum absolute atomic E-state index is 6.01. The van der Waals surface area contributed by atoms with Gasteiger partial charge >= 0.3 is 0 Å². The highest BCUT2D eigenvalue weighted by atomic mass is 35.5. The Kier molecular flexibility index (Phi) is 4.83. The minimum absolute atomic E-state index is 0.227. The van der Waals surface area contributed by atoms with E-state index in [1.165, 1.54) is 12.8 Å². The van der Waals surface area contributed by atoms with E-state index in [1.54, 1.807) is 0 Å². The molecule has 11 heavy (non-hydrogen) atoms. The van der Waals surface area contributed by atoms with Gasteiger partial charge in [0.25, 0.3) is 0 Å². The first-order valence-electron chi connectivity index (χ1n) is 4.33. The molecule has 66 valence electrons. The third kappa shape index (κ3) is 7.93. The summed E-state index contributed by atoms with van der Waals surface area (Å²) in [5, 5.41) is 1.01. The molecule has 0 amide bonds. The van der Waals surface area contributed by atoms with Crippen LogP contribution in [0.15, 0.2) is 11.1 Å². The van der Waals surface area contributed by atoms with Gasteiger partial charge in [0.15, 0.2) is 0 Å². The van der Waals surface area contributed by atoms with E-state index in [2.05, 4.69) is 33.8 Å². The third-order valence-electron chi connectivity index (χ3n) is 1.36. The zero-order valence-electron chi connectivity index (χ0n) is 8.08. The molecule has 0 aliphatic carbocycles. The molecule has 0 nitrogen and oxygen atoms in total. The standard InChI is InChI=1S/C10H19Cl/c1-5-6-7-9(11)8-10(2,3)4/h8H,5-7H2,1-4H3. The highest BCUT2D eigenvalue weighted by molar-refractivity contribution is 6.29. The molecule has 0 N–H and O–H groups in total. The van der Waals surface area contributed by atoms with Crippen LogP contribution in [-0.2, 0) is 0 Å². The Hall–Kier alpha value is 0.0300. The average Bonchev–Trinajstić information content (AvgIpc) is 1.79. The molecule has 0 spiro atoms. The highest BCUT2D eigenvalue weighted by Gasteiger charge is 2.06. The molecule has 0 aromatic heterocycles. The van der Waals surface area contributed by atoms with Crippen molar-refractivity contribution in [2.75, 3.05) is 0 Å². The van der Waals surface area contributed by atoms with Gasteiger partial charge in [0.2, 0.25) is 0 Å². The molecular weight excluding hydrogens is 156 g/mol. The number of hydrogen-bond donors (Lipinski definition) is 0. The second-order valence-electron chi connectivity index (χ2n) is 4.06. The van der Waals surface area contributed by atoms with Crippen LogP contribution in [0.25, 0.3) is 0 Å². The van der Waals surface area contributed by atoms with Gasteiger partial charge < -0.3 is 0 Å². The summed E-state index contributed by atoms with van der Waals surface area (Å²) < 4.78 is 0. The van der Waals surface area contributed by atoms with Crippen LogP contribution in [0.5, 0.6) is 0 Å². The van der Waals surface area contributed by atoms with Crippen LogP contribution in [0.3, 0.4) is 0 Å². The minimum atomic E-state index is 0.227. The monoisotopic (exact) mass is 174 g/mol. The Labute approximate surface area is 75.6 Å². The van der Waals surface area contributed by atoms with E-state index in [9.17, 15) is 0 Å². The first-order valence-corrected chi connectivity index (χ1v) is 4.70. The Morgan fingerprint density at radius 1 is 1.36 bits per heavy atom. The fraction of sp³-hybridized carbons (Fsp3) is 0.800. The van der Waals surface area contributed by atoms with Crippen molar-refractivity contribution < 1.29 is 0 Å². The van der Waals surface area contributed by atoms with Crippen LogP contribution < -0.4 is 0 Å². The van der Waals surface area contributed by atoms with Gasteiger partial charge in [-0.25, -0.2) is 0 Å². The number of allylic oxidation sites excluding steroid dienone is 2. The molecule has 0 saturated carbocycles. The summed E-state index contributed by atoms with van der Waals surface area (Å²) in [5.41, 5.74) is 0.227. The first kappa shape index (κ1) is 11.0. The van der Waals surface area contributed by atoms with Crippen molar-refractivity contribution in [3.8, 4) is 0 Å². The summed E-state index contributed by atoms with van der Waals surface area (Å²) in [6.07, 6.45) is 5.60. The number of unbranched alkanes of at least 4 members (excludes halogenated alkanes) is 1. The second kappa shape index (κ2) is 4.82. The average molecular weight is 175 g/mol. The van der Waals surface area contributed by atoms with Crippen LogP contribution in [-0.4, -0.2) is 0 Å². The molecule has 0 aliphatic heterocycles. The molecule has 0 bridgehead atoms. The lowest BCUT2D eigenvalue weighted by Crippen LogP contribution is -1.99. The molecule has 0 aromatic rings. The van der Waals surface area contributed by atoms with E-state index in [0.29, 0.717) is 0 Å². The highest BCUT2D eigenvalue weighted by Crippen LogP contribution is 2.22. The Morgan fingerprint density at radius 2 is 1.91 bits per heavy atom. The molecule has 0 unspecified atom stereocenters. The fourth-order valence-corrected chi connectivity index (χ4v) is 1.35. The molecule has 0 fully saturated rings. The SMILES string of the molecule is CCCCC(Cl)=CC(C)(C)C. The topological polar surface area (TPSA) is 0 Å². The van der Waals surface area contributed by atoms with Gasteiger partial charge in [-0.1, -0.05) is 51.8 Å². The molecule has 0 radical (unpaired) electrons. The van der Waals surface area contributed by atoms with Gasteiger partial charge in [-0.2, -0.15) is 0 Å². The van der Waals surface area contributed by atoms with Crippen LogP contribution in [0.1, 0.15) is 47.0 Å². The predicted octanol–water partition coefficient (Wildman–Crippen LogP) is 4.35. The van der Waals surface area contributed by atoms with E-state index in [0.717, 1.165) is 11.5 Å². The quantitative estimate of drug-likeness (QED) is 0.597. The van der Waals surface area contributed by atoms with Crippen molar-refractivity contribution >= 4 is 11.6 Å². The maximum Gasteiger partial charge on any atom is 0.0146 e. The van der Waals surface area contributed by atoms with Crippen LogP contribution >= 0.6 is 11.6 Å². The fourth-order valence-electron chi connectivity index (χ4n) is 0.888. The van der Waals surface area contributed by atoms with Crippen molar-refractivity contribution in [3.63, 3.8) is 0 Å². The number of hydrogen-bond acceptors (Lipinski definition) is 0. The summed E-state index contributed by atoms with van der Waals surface area (Å²) in [6.45, 7) is 8.69. The van der Waals surface area contributed by atoms with Gasteiger partial charge in [0.1, 0.15) is 0 Å². The van der Waals surface area contributed by atoms with Gasteiger partial charge in [0, 0.05) is 5.03 Å². The Balaban J connectivity index is 3.81. The lowest BCUT2D eigenvalue weighted by atomic mass is 9.95. The molecule has 0 aliphatic rings. The number of rotatable bonds is 3. The summed E-state index contributed by atoms with van der Waals surface area (Å²) in [6, 6.07) is 0. The molecule has 0 atom stereocenters. The third-order valence-corrected chi connectivity index (χ3v) is 1.66. The van der Waals surface area contributed by atoms with Crippen LogP contribution in [0, 0.1) is 5.41 Å². The van der Waals surface area contributed by atoms with Gasteiger partial charge in [-0.15, -0.1) is 0 Å². The van der Waals surface area contributed by atoms with E-state index < -0.39 is 0 Å². The van der Waals surface area contributed by atoms with Crippen LogP contribution in [0.2, 0.25) is 0 Å². The first-order chi connectivity index (χ1) is 4.95. The molecule has 0 rings (SSSR count). The maximum atomic E-state index is 6.01. The normalized spacial score (nSPS) is 13.7. The van der Waals surface area contributed by atoms with Crippen molar-refractivity contribution in [3.05, 3.63) is 11.1 Å². The molecule has 1 heteroatoms. The summed E-state index contributed by atoms with van der Waals surface area (Å²) in [7, 11) is 0. The minimum Gasteiger partial charge on any atom is -0.0895 e. The van der Waals surface area contributed by atoms with E-state index in [4.69, 9.17) is 11.6 Å². The smallest absolute Gasteiger partial charge is 0.0146 e. The molecule has 0 heterocycles. The van der Waals surface area contributed by atoms with Gasteiger partial charge in [-0.3, -0.25) is 0 Å². The van der Waals surface area contributed by atoms with Gasteiger partial charge in [-0.05, 0) is 18.3 Å². The zero-order valence-corrected chi connectivity index (χ0v) is 8.83. The van der Waals surface area contributed by atoms with Gasteiger partial charge in [0.05, 0.1) is 0 Å². The second-order valence-corrected chi connectivity index (χ2v) is 4.55. The van der Waals surface area contributed by atoms with Crippen molar-refractivity contribution in [1.29, 1.82) is 0 Å². The lowest BCUT2D eigenvalue weighted by Gasteiger charge is -2.12. The summed E-state index contributed by atoms with van der Waals surface area (Å²) >= 11 is 6.01. The van der Waals surface area contributed by atoms with E-state index in [-0.39, 0.29) is 5.41 Å². The summed E-state index contributed by atoms with van der Waals surface area (Å²) in [4.78, 5) is 0. The Bertz CT molecular complexity index is 128. The molecular formula is C10H19Cl. The van der Waals surface area contributed by atoms with E-state index in [1.807, 2.05) is 0 Å². The van der Waals surface area contributed by atoms with E-state index >= 15 is 0 Å². The number of halogens is 1. The van der Waals surface area contributed by atoms with Crippen molar-refractivity contribution in [2.45, 2.75) is 47.0 Å². The Morgan fingerprint density at radius 3 is 2.27 bits per heavy atom. The zero-order chi connectivity index (χ0) is 8.91. The molecule has 0 aromatic carbocycles. The summed E-state index contributed by atoms with van der Waals surface area (Å²) in [5.74, 6) is 0. The van der Waals surface area contributed by atoms with Crippen molar-refractivity contribution in [1.82, 2.24) is 0 Å². The van der Waals surface area contributed by atoms with Crippen LogP contribution in [0.4, 0.5) is 0 Å². The predicted molar refractivity (Wildman–Crippen MR) is 52.9 cm³/mol.